The van der Waals surface area contributed by atoms with Crippen molar-refractivity contribution < 1.29 is 18.6 Å². The molecule has 2 aromatic carbocycles. The molecule has 1 fully saturated rings. The minimum absolute atomic E-state index is 0.160. The van der Waals surface area contributed by atoms with E-state index >= 15 is 0 Å². The lowest BCUT2D eigenvalue weighted by atomic mass is 10.1. The molecule has 1 aliphatic rings. The number of aromatic nitrogens is 3. The number of para-hydroxylation sites is 1. The van der Waals surface area contributed by atoms with Crippen molar-refractivity contribution in [2.24, 2.45) is 0 Å². The first-order valence-corrected chi connectivity index (χ1v) is 8.80. The summed E-state index contributed by atoms with van der Waals surface area (Å²) < 4.78 is 33.2. The third kappa shape index (κ3) is 3.95. The highest BCUT2D eigenvalue weighted by Crippen LogP contribution is 2.36. The monoisotopic (exact) mass is 389 g/mol. The van der Waals surface area contributed by atoms with Crippen LogP contribution >= 0.6 is 11.6 Å². The van der Waals surface area contributed by atoms with Gasteiger partial charge in [-0.1, -0.05) is 35.9 Å². The van der Waals surface area contributed by atoms with Crippen LogP contribution in [0.15, 0.2) is 61.2 Å². The number of ether oxygens (including phenoxy) is 3. The van der Waals surface area contributed by atoms with Gasteiger partial charge < -0.3 is 14.2 Å². The van der Waals surface area contributed by atoms with Gasteiger partial charge in [0.15, 0.2) is 11.6 Å². The molecule has 2 heterocycles. The van der Waals surface area contributed by atoms with E-state index < -0.39 is 11.6 Å². The zero-order valence-electron chi connectivity index (χ0n) is 14.3. The highest BCUT2D eigenvalue weighted by molar-refractivity contribution is 6.30. The summed E-state index contributed by atoms with van der Waals surface area (Å²) in [6, 6.07) is 13.5. The Balaban J connectivity index is 1.52. The smallest absolute Gasteiger partial charge is 0.215 e. The molecule has 6 nitrogen and oxygen atoms in total. The van der Waals surface area contributed by atoms with Crippen LogP contribution in [0.5, 0.6) is 5.75 Å². The molecule has 8 heteroatoms. The summed E-state index contributed by atoms with van der Waals surface area (Å²) in [7, 11) is 0. The summed E-state index contributed by atoms with van der Waals surface area (Å²) in [5, 5.41) is 4.75. The van der Waals surface area contributed by atoms with Crippen molar-refractivity contribution in [3.05, 3.63) is 77.6 Å². The number of benzene rings is 2. The molecule has 0 aliphatic carbocycles. The number of halogens is 2. The van der Waals surface area contributed by atoms with Crippen molar-refractivity contribution in [2.75, 3.05) is 13.2 Å². The number of hydrogen-bond donors (Lipinski definition) is 0. The predicted octanol–water partition coefficient (Wildman–Crippen LogP) is 3.42. The molecule has 2 atom stereocenters. The molecular weight excluding hydrogens is 373 g/mol. The van der Waals surface area contributed by atoms with Gasteiger partial charge in [0, 0.05) is 10.6 Å². The molecule has 2 unspecified atom stereocenters. The van der Waals surface area contributed by atoms with E-state index in [1.54, 1.807) is 41.3 Å². The van der Waals surface area contributed by atoms with E-state index in [-0.39, 0.29) is 18.5 Å². The van der Waals surface area contributed by atoms with Crippen LogP contribution in [0, 0.1) is 5.82 Å². The fourth-order valence-electron chi connectivity index (χ4n) is 2.95. The first-order valence-electron chi connectivity index (χ1n) is 8.42. The van der Waals surface area contributed by atoms with Crippen LogP contribution in [0.1, 0.15) is 5.56 Å². The Hall–Kier alpha value is -2.48. The minimum atomic E-state index is -1.05. The second-order valence-corrected chi connectivity index (χ2v) is 6.58. The zero-order chi connectivity index (χ0) is 18.7. The highest BCUT2D eigenvalue weighted by Gasteiger charge is 2.44. The Morgan fingerprint density at radius 3 is 2.78 bits per heavy atom. The summed E-state index contributed by atoms with van der Waals surface area (Å²) in [6.45, 7) is 0.768. The number of rotatable bonds is 6. The van der Waals surface area contributed by atoms with E-state index in [0.29, 0.717) is 18.2 Å². The van der Waals surface area contributed by atoms with Crippen molar-refractivity contribution >= 4 is 11.6 Å². The van der Waals surface area contributed by atoms with Crippen LogP contribution in [0.4, 0.5) is 4.39 Å². The molecule has 1 aliphatic heterocycles. The van der Waals surface area contributed by atoms with E-state index in [1.807, 2.05) is 12.1 Å². The largest absolute Gasteiger partial charge is 0.488 e. The van der Waals surface area contributed by atoms with Gasteiger partial charge in [0.1, 0.15) is 31.9 Å². The first kappa shape index (κ1) is 17.9. The minimum Gasteiger partial charge on any atom is -0.488 e. The SMILES string of the molecule is Fc1ccccc1OCC1COC(Cn2cncn2)(c2ccc(Cl)cc2)O1. The molecule has 0 bridgehead atoms. The summed E-state index contributed by atoms with van der Waals surface area (Å²) in [4.78, 5) is 3.96. The first-order chi connectivity index (χ1) is 13.1. The molecule has 1 saturated heterocycles. The molecule has 0 radical (unpaired) electrons. The van der Waals surface area contributed by atoms with Gasteiger partial charge in [0.2, 0.25) is 5.79 Å². The molecule has 0 amide bonds. The lowest BCUT2D eigenvalue weighted by Gasteiger charge is -2.28. The Kier molecular flexibility index (Phi) is 5.07. The summed E-state index contributed by atoms with van der Waals surface area (Å²) in [5.41, 5.74) is 0.802. The average molecular weight is 390 g/mol. The molecule has 3 aromatic rings. The maximum Gasteiger partial charge on any atom is 0.215 e. The summed E-state index contributed by atoms with van der Waals surface area (Å²) in [6.07, 6.45) is 2.67. The molecule has 0 saturated carbocycles. The third-order valence-corrected chi connectivity index (χ3v) is 4.49. The van der Waals surface area contributed by atoms with Crippen molar-refractivity contribution in [3.63, 3.8) is 0 Å². The van der Waals surface area contributed by atoms with Gasteiger partial charge in [-0.05, 0) is 24.3 Å². The van der Waals surface area contributed by atoms with Gasteiger partial charge in [-0.3, -0.25) is 0 Å². The van der Waals surface area contributed by atoms with Gasteiger partial charge in [-0.25, -0.2) is 14.1 Å². The molecule has 1 aromatic heterocycles. The van der Waals surface area contributed by atoms with Crippen LogP contribution in [0.2, 0.25) is 5.02 Å². The van der Waals surface area contributed by atoms with E-state index in [1.165, 1.54) is 12.4 Å². The van der Waals surface area contributed by atoms with Crippen molar-refractivity contribution in [2.45, 2.75) is 18.4 Å². The molecule has 0 spiro atoms. The summed E-state index contributed by atoms with van der Waals surface area (Å²) >= 11 is 6.00. The fraction of sp³-hybridized carbons (Fsp3) is 0.263. The number of nitrogens with zero attached hydrogens (tertiary/aromatic N) is 3. The standard InChI is InChI=1S/C19H17ClFN3O3/c20-15-7-5-14(6-8-15)19(11-24-13-22-12-23-24)26-10-16(27-19)9-25-18-4-2-1-3-17(18)21/h1-8,12-13,16H,9-11H2. The van der Waals surface area contributed by atoms with Gasteiger partial charge in [0.25, 0.3) is 0 Å². The Morgan fingerprint density at radius 1 is 1.22 bits per heavy atom. The van der Waals surface area contributed by atoms with Crippen LogP contribution in [0.25, 0.3) is 0 Å². The molecule has 140 valence electrons. The topological polar surface area (TPSA) is 58.4 Å². The molecule has 4 rings (SSSR count). The quantitative estimate of drug-likeness (QED) is 0.646. The normalized spacial score (nSPS) is 22.1. The molecular formula is C19H17ClFN3O3. The Morgan fingerprint density at radius 2 is 2.04 bits per heavy atom. The maximum absolute atomic E-state index is 13.7. The summed E-state index contributed by atoms with van der Waals surface area (Å²) in [5.74, 6) is -1.29. The van der Waals surface area contributed by atoms with E-state index in [9.17, 15) is 4.39 Å². The van der Waals surface area contributed by atoms with Crippen LogP contribution < -0.4 is 4.74 Å². The second kappa shape index (κ2) is 7.64. The van der Waals surface area contributed by atoms with Crippen LogP contribution in [0.3, 0.4) is 0 Å². The fourth-order valence-corrected chi connectivity index (χ4v) is 3.07. The van der Waals surface area contributed by atoms with Crippen LogP contribution in [-0.4, -0.2) is 34.1 Å². The van der Waals surface area contributed by atoms with Gasteiger partial charge in [0.05, 0.1) is 6.61 Å². The molecule has 27 heavy (non-hydrogen) atoms. The maximum atomic E-state index is 13.7. The highest BCUT2D eigenvalue weighted by atomic mass is 35.5. The van der Waals surface area contributed by atoms with Crippen molar-refractivity contribution in [3.8, 4) is 5.75 Å². The predicted molar refractivity (Wildman–Crippen MR) is 95.9 cm³/mol. The lowest BCUT2D eigenvalue weighted by molar-refractivity contribution is -0.190. The second-order valence-electron chi connectivity index (χ2n) is 6.15. The van der Waals surface area contributed by atoms with E-state index in [0.717, 1.165) is 5.56 Å². The Bertz CT molecular complexity index is 891. The van der Waals surface area contributed by atoms with Crippen molar-refractivity contribution in [1.82, 2.24) is 14.8 Å². The zero-order valence-corrected chi connectivity index (χ0v) is 15.1. The van der Waals surface area contributed by atoms with Gasteiger partial charge >= 0.3 is 0 Å². The average Bonchev–Trinajstić information content (AvgIpc) is 3.33. The molecule has 0 N–H and O–H groups in total. The van der Waals surface area contributed by atoms with Gasteiger partial charge in [-0.2, -0.15) is 5.10 Å². The van der Waals surface area contributed by atoms with Crippen LogP contribution in [-0.2, 0) is 21.8 Å². The number of hydrogen-bond acceptors (Lipinski definition) is 5. The third-order valence-electron chi connectivity index (χ3n) is 4.24. The van der Waals surface area contributed by atoms with Gasteiger partial charge in [-0.15, -0.1) is 0 Å². The lowest BCUT2D eigenvalue weighted by Crippen LogP contribution is -2.34. The van der Waals surface area contributed by atoms with E-state index in [2.05, 4.69) is 10.1 Å². The van der Waals surface area contributed by atoms with Crippen molar-refractivity contribution in [1.29, 1.82) is 0 Å². The van der Waals surface area contributed by atoms with E-state index in [4.69, 9.17) is 25.8 Å². The Labute approximate surface area is 160 Å².